The largest absolute Gasteiger partial charge is 0.480 e. The van der Waals surface area contributed by atoms with Crippen LogP contribution < -0.4 is 5.32 Å². The molecular formula is C34H30ClFN2O5S. The average molecular weight is 633 g/mol. The molecule has 4 aromatic rings. The standard InChI is InChI=1S/C34H30ClFN2O5S/c1-22-7-5-10-24(19-22)31-18-17-29(33(39)37-30(34(40)41)20-23-8-3-2-4-9-23)32(25-11-6-12-26(35)21-25)38(31)44(42,43)28-15-13-27(36)14-16-28/h2-17,19,21,30-32H,18,20H2,1H3,(H,37,39)(H,40,41). The van der Waals surface area contributed by atoms with E-state index in [0.29, 0.717) is 21.7 Å². The summed E-state index contributed by atoms with van der Waals surface area (Å²) in [7, 11) is -4.37. The molecule has 0 saturated carbocycles. The van der Waals surface area contributed by atoms with Gasteiger partial charge in [-0.3, -0.25) is 4.79 Å². The summed E-state index contributed by atoms with van der Waals surface area (Å²) in [5, 5.41) is 12.9. The molecule has 0 saturated heterocycles. The maximum Gasteiger partial charge on any atom is 0.326 e. The number of hydrogen-bond acceptors (Lipinski definition) is 4. The lowest BCUT2D eigenvalue weighted by Gasteiger charge is -2.41. The second kappa shape index (κ2) is 13.1. The summed E-state index contributed by atoms with van der Waals surface area (Å²) in [6.07, 6.45) is 1.81. The zero-order chi connectivity index (χ0) is 31.4. The summed E-state index contributed by atoms with van der Waals surface area (Å²) in [5.41, 5.74) is 2.80. The minimum Gasteiger partial charge on any atom is -0.480 e. The van der Waals surface area contributed by atoms with Crippen LogP contribution in [0.25, 0.3) is 0 Å². The maximum atomic E-state index is 14.5. The van der Waals surface area contributed by atoms with E-state index in [9.17, 15) is 27.5 Å². The van der Waals surface area contributed by atoms with Crippen molar-refractivity contribution in [2.45, 2.75) is 42.8 Å². The number of aryl methyl sites for hydroxylation is 1. The Kier molecular flexibility index (Phi) is 9.29. The minimum absolute atomic E-state index is 0.0283. The molecule has 2 N–H and O–H groups in total. The highest BCUT2D eigenvalue weighted by Crippen LogP contribution is 2.46. The molecule has 0 bridgehead atoms. The molecule has 0 fully saturated rings. The lowest BCUT2D eigenvalue weighted by atomic mass is 9.88. The van der Waals surface area contributed by atoms with Gasteiger partial charge in [-0.05, 0) is 66.4 Å². The van der Waals surface area contributed by atoms with E-state index in [1.54, 1.807) is 60.7 Å². The van der Waals surface area contributed by atoms with E-state index in [1.165, 1.54) is 16.4 Å². The number of carbonyl (C=O) groups is 2. The fourth-order valence-corrected chi connectivity index (χ4v) is 7.46. The van der Waals surface area contributed by atoms with Gasteiger partial charge in [-0.25, -0.2) is 17.6 Å². The van der Waals surface area contributed by atoms with E-state index < -0.39 is 45.8 Å². The zero-order valence-electron chi connectivity index (χ0n) is 23.7. The van der Waals surface area contributed by atoms with E-state index in [4.69, 9.17) is 11.6 Å². The van der Waals surface area contributed by atoms with Crippen LogP contribution in [0.3, 0.4) is 0 Å². The quantitative estimate of drug-likeness (QED) is 0.222. The molecule has 3 unspecified atom stereocenters. The number of amides is 1. The highest BCUT2D eigenvalue weighted by Gasteiger charge is 2.45. The van der Waals surface area contributed by atoms with Crippen LogP contribution >= 0.6 is 11.6 Å². The first-order chi connectivity index (χ1) is 21.0. The lowest BCUT2D eigenvalue weighted by molar-refractivity contribution is -0.141. The number of rotatable bonds is 9. The van der Waals surface area contributed by atoms with E-state index >= 15 is 0 Å². The topological polar surface area (TPSA) is 104 Å². The van der Waals surface area contributed by atoms with Crippen molar-refractivity contribution in [2.75, 3.05) is 0 Å². The molecule has 1 amide bonds. The summed E-state index contributed by atoms with van der Waals surface area (Å²) in [4.78, 5) is 26.1. The molecule has 1 aliphatic heterocycles. The van der Waals surface area contributed by atoms with Gasteiger partial charge in [0.05, 0.1) is 17.0 Å². The highest BCUT2D eigenvalue weighted by molar-refractivity contribution is 7.89. The molecule has 0 radical (unpaired) electrons. The van der Waals surface area contributed by atoms with Gasteiger partial charge < -0.3 is 10.4 Å². The number of carboxylic acids is 1. The lowest BCUT2D eigenvalue weighted by Crippen LogP contribution is -2.48. The fourth-order valence-electron chi connectivity index (χ4n) is 5.48. The van der Waals surface area contributed by atoms with Crippen molar-refractivity contribution in [3.05, 3.63) is 148 Å². The first-order valence-electron chi connectivity index (χ1n) is 13.9. The molecule has 1 heterocycles. The number of nitrogens with zero attached hydrogens (tertiary/aromatic N) is 1. The van der Waals surface area contributed by atoms with Crippen LogP contribution in [0.1, 0.15) is 40.8 Å². The molecular weight excluding hydrogens is 603 g/mol. The van der Waals surface area contributed by atoms with E-state index in [1.807, 2.05) is 31.2 Å². The fraction of sp³-hybridized carbons (Fsp3) is 0.176. The first kappa shape index (κ1) is 31.1. The Labute approximate surface area is 260 Å². The molecule has 3 atom stereocenters. The predicted molar refractivity (Wildman–Crippen MR) is 166 cm³/mol. The van der Waals surface area contributed by atoms with Gasteiger partial charge in [0.15, 0.2) is 0 Å². The van der Waals surface area contributed by atoms with E-state index in [-0.39, 0.29) is 23.3 Å². The molecule has 44 heavy (non-hydrogen) atoms. The molecule has 0 aromatic heterocycles. The molecule has 5 rings (SSSR count). The number of nitrogens with one attached hydrogen (secondary N) is 1. The van der Waals surface area contributed by atoms with Gasteiger partial charge in [0.1, 0.15) is 11.9 Å². The van der Waals surface area contributed by atoms with Crippen LogP contribution in [0.4, 0.5) is 4.39 Å². The Balaban J connectivity index is 1.65. The van der Waals surface area contributed by atoms with Crippen LogP contribution in [-0.2, 0) is 26.0 Å². The number of carbonyl (C=O) groups excluding carboxylic acids is 1. The van der Waals surface area contributed by atoms with Gasteiger partial charge in [0.2, 0.25) is 15.9 Å². The van der Waals surface area contributed by atoms with Gasteiger partial charge in [0.25, 0.3) is 0 Å². The van der Waals surface area contributed by atoms with Crippen molar-refractivity contribution >= 4 is 33.5 Å². The smallest absolute Gasteiger partial charge is 0.326 e. The molecule has 1 aliphatic rings. The third kappa shape index (κ3) is 6.75. The van der Waals surface area contributed by atoms with E-state index in [0.717, 1.165) is 17.7 Å². The third-order valence-electron chi connectivity index (χ3n) is 7.55. The van der Waals surface area contributed by atoms with Crippen molar-refractivity contribution in [3.63, 3.8) is 0 Å². The number of aliphatic carboxylic acids is 1. The van der Waals surface area contributed by atoms with Crippen molar-refractivity contribution in [3.8, 4) is 0 Å². The Morgan fingerprint density at radius 2 is 1.64 bits per heavy atom. The van der Waals surface area contributed by atoms with Crippen molar-refractivity contribution in [1.82, 2.24) is 9.62 Å². The van der Waals surface area contributed by atoms with Crippen molar-refractivity contribution < 1.29 is 27.5 Å². The Morgan fingerprint density at radius 3 is 2.30 bits per heavy atom. The number of hydrogen-bond donors (Lipinski definition) is 2. The van der Waals surface area contributed by atoms with Crippen LogP contribution in [0.5, 0.6) is 0 Å². The van der Waals surface area contributed by atoms with Gasteiger partial charge in [-0.15, -0.1) is 0 Å². The minimum atomic E-state index is -4.37. The van der Waals surface area contributed by atoms with E-state index in [2.05, 4.69) is 5.32 Å². The van der Waals surface area contributed by atoms with Crippen molar-refractivity contribution in [1.29, 1.82) is 0 Å². The second-order valence-electron chi connectivity index (χ2n) is 10.6. The van der Waals surface area contributed by atoms with Gasteiger partial charge >= 0.3 is 5.97 Å². The van der Waals surface area contributed by atoms with Crippen LogP contribution in [0.2, 0.25) is 5.02 Å². The second-order valence-corrected chi connectivity index (χ2v) is 12.9. The summed E-state index contributed by atoms with van der Waals surface area (Å²) >= 11 is 6.37. The van der Waals surface area contributed by atoms with Crippen LogP contribution in [0, 0.1) is 12.7 Å². The number of carboxylic acid groups (broad SMARTS) is 1. The Hall–Kier alpha value is -4.31. The van der Waals surface area contributed by atoms with Crippen molar-refractivity contribution in [2.24, 2.45) is 0 Å². The summed E-state index contributed by atoms with van der Waals surface area (Å²) in [6, 6.07) is 24.1. The summed E-state index contributed by atoms with van der Waals surface area (Å²) in [5.74, 6) is -2.55. The Bertz CT molecular complexity index is 1810. The maximum absolute atomic E-state index is 14.5. The van der Waals surface area contributed by atoms with Gasteiger partial charge in [-0.2, -0.15) is 4.31 Å². The van der Waals surface area contributed by atoms with Gasteiger partial charge in [0, 0.05) is 17.0 Å². The SMILES string of the molecule is Cc1cccc(C2CC=C(C(=O)NC(Cc3ccccc3)C(=O)O)C(c3cccc(Cl)c3)N2S(=O)(=O)c2ccc(F)cc2)c1. The Morgan fingerprint density at radius 1 is 0.955 bits per heavy atom. The molecule has 226 valence electrons. The first-order valence-corrected chi connectivity index (χ1v) is 15.7. The third-order valence-corrected chi connectivity index (χ3v) is 9.67. The molecule has 0 spiro atoms. The highest BCUT2D eigenvalue weighted by atomic mass is 35.5. The molecule has 0 aliphatic carbocycles. The number of halogens is 2. The average Bonchev–Trinajstić information content (AvgIpc) is 3.00. The monoisotopic (exact) mass is 632 g/mol. The number of sulfonamides is 1. The molecule has 4 aromatic carbocycles. The van der Waals surface area contributed by atoms with Gasteiger partial charge in [-0.1, -0.05) is 90.0 Å². The normalized spacial score (nSPS) is 17.8. The van der Waals surface area contributed by atoms with Crippen LogP contribution in [-0.4, -0.2) is 35.7 Å². The molecule has 7 nitrogen and oxygen atoms in total. The zero-order valence-corrected chi connectivity index (χ0v) is 25.3. The summed E-state index contributed by atoms with van der Waals surface area (Å²) in [6.45, 7) is 1.90. The van der Waals surface area contributed by atoms with Crippen LogP contribution in [0.15, 0.2) is 120 Å². The number of benzene rings is 4. The summed E-state index contributed by atoms with van der Waals surface area (Å²) < 4.78 is 44.1. The predicted octanol–water partition coefficient (Wildman–Crippen LogP) is 6.40. The molecule has 10 heteroatoms.